The van der Waals surface area contributed by atoms with Crippen molar-refractivity contribution in [2.45, 2.75) is 20.3 Å². The van der Waals surface area contributed by atoms with Gasteiger partial charge in [0.25, 0.3) is 0 Å². The van der Waals surface area contributed by atoms with Crippen molar-refractivity contribution in [3.63, 3.8) is 0 Å². The van der Waals surface area contributed by atoms with E-state index < -0.39 is 11.6 Å². The largest absolute Gasteiger partial charge is 0.490 e. The minimum Gasteiger partial charge on any atom is -0.490 e. The summed E-state index contributed by atoms with van der Waals surface area (Å²) < 4.78 is 30.9. The second-order valence-corrected chi connectivity index (χ2v) is 3.38. The molecule has 78 valence electrons. The van der Waals surface area contributed by atoms with Crippen LogP contribution in [0.1, 0.15) is 20.3 Å². The molecule has 0 aliphatic carbocycles. The molecule has 14 heavy (non-hydrogen) atoms. The fourth-order valence-corrected chi connectivity index (χ4v) is 0.945. The smallest absolute Gasteiger partial charge is 0.200 e. The molecule has 1 atom stereocenters. The van der Waals surface area contributed by atoms with Crippen LogP contribution >= 0.6 is 0 Å². The Labute approximate surface area is 82.7 Å². The molecule has 0 amide bonds. The second kappa shape index (κ2) is 4.94. The van der Waals surface area contributed by atoms with Crippen LogP contribution in [0, 0.1) is 17.6 Å². The summed E-state index contributed by atoms with van der Waals surface area (Å²) in [7, 11) is 0. The van der Waals surface area contributed by atoms with Crippen molar-refractivity contribution in [2.24, 2.45) is 5.92 Å². The molecule has 1 aromatic carbocycles. The predicted octanol–water partition coefficient (Wildman–Crippen LogP) is 3.39. The Hall–Kier alpha value is -1.12. The topological polar surface area (TPSA) is 9.23 Å². The van der Waals surface area contributed by atoms with Gasteiger partial charge < -0.3 is 4.74 Å². The quantitative estimate of drug-likeness (QED) is 0.723. The van der Waals surface area contributed by atoms with Crippen molar-refractivity contribution in [3.8, 4) is 5.75 Å². The van der Waals surface area contributed by atoms with Crippen LogP contribution in [0.2, 0.25) is 0 Å². The maximum Gasteiger partial charge on any atom is 0.200 e. The number of rotatable bonds is 4. The zero-order chi connectivity index (χ0) is 10.6. The number of benzene rings is 1. The lowest BCUT2D eigenvalue weighted by atomic mass is 10.1. The molecule has 3 heteroatoms. The third-order valence-corrected chi connectivity index (χ3v) is 2.14. The summed E-state index contributed by atoms with van der Waals surface area (Å²) in [6, 6.07) is 3.94. The summed E-state index contributed by atoms with van der Waals surface area (Å²) in [5.74, 6) is -1.44. The Morgan fingerprint density at radius 2 is 2.07 bits per heavy atom. The molecule has 1 rings (SSSR count). The van der Waals surface area contributed by atoms with E-state index in [2.05, 4.69) is 0 Å². The highest BCUT2D eigenvalue weighted by atomic mass is 19.2. The Balaban J connectivity index is 2.63. The number of halogens is 2. The summed E-state index contributed by atoms with van der Waals surface area (Å²) >= 11 is 0. The van der Waals surface area contributed by atoms with E-state index in [9.17, 15) is 8.78 Å². The third-order valence-electron chi connectivity index (χ3n) is 2.14. The van der Waals surface area contributed by atoms with Crippen LogP contribution < -0.4 is 4.74 Å². The third kappa shape index (κ3) is 2.69. The summed E-state index contributed by atoms with van der Waals surface area (Å²) in [5, 5.41) is 0. The predicted molar refractivity (Wildman–Crippen MR) is 51.3 cm³/mol. The van der Waals surface area contributed by atoms with Crippen molar-refractivity contribution in [1.82, 2.24) is 0 Å². The van der Waals surface area contributed by atoms with Gasteiger partial charge in [-0.15, -0.1) is 0 Å². The second-order valence-electron chi connectivity index (χ2n) is 3.38. The van der Waals surface area contributed by atoms with Gasteiger partial charge in [-0.2, -0.15) is 4.39 Å². The van der Waals surface area contributed by atoms with E-state index in [1.807, 2.05) is 13.8 Å². The minimum atomic E-state index is -0.907. The van der Waals surface area contributed by atoms with Crippen LogP contribution in [-0.4, -0.2) is 6.61 Å². The standard InChI is InChI=1S/C11H14F2O/c1-3-8(2)7-14-10-6-4-5-9(12)11(10)13/h4-6,8H,3,7H2,1-2H3. The van der Waals surface area contributed by atoms with Gasteiger partial charge >= 0.3 is 0 Å². The highest BCUT2D eigenvalue weighted by molar-refractivity contribution is 5.24. The van der Waals surface area contributed by atoms with E-state index in [1.165, 1.54) is 12.1 Å². The number of ether oxygens (including phenoxy) is 1. The minimum absolute atomic E-state index is 0.00898. The monoisotopic (exact) mass is 200 g/mol. The average molecular weight is 200 g/mol. The molecule has 1 nitrogen and oxygen atoms in total. The van der Waals surface area contributed by atoms with Crippen LogP contribution in [0.25, 0.3) is 0 Å². The number of hydrogen-bond donors (Lipinski definition) is 0. The Morgan fingerprint density at radius 1 is 1.36 bits per heavy atom. The molecule has 0 bridgehead atoms. The molecule has 0 heterocycles. The molecule has 0 spiro atoms. The Morgan fingerprint density at radius 3 is 2.71 bits per heavy atom. The van der Waals surface area contributed by atoms with Gasteiger partial charge in [-0.05, 0) is 18.1 Å². The van der Waals surface area contributed by atoms with Crippen LogP contribution in [0.5, 0.6) is 5.75 Å². The van der Waals surface area contributed by atoms with Gasteiger partial charge in [0.15, 0.2) is 11.6 Å². The van der Waals surface area contributed by atoms with Gasteiger partial charge in [0.2, 0.25) is 5.82 Å². The van der Waals surface area contributed by atoms with Crippen molar-refractivity contribution in [1.29, 1.82) is 0 Å². The van der Waals surface area contributed by atoms with Gasteiger partial charge in [-0.25, -0.2) is 4.39 Å². The van der Waals surface area contributed by atoms with Gasteiger partial charge in [0.05, 0.1) is 6.61 Å². The van der Waals surface area contributed by atoms with E-state index in [0.717, 1.165) is 12.5 Å². The molecular weight excluding hydrogens is 186 g/mol. The molecule has 0 fully saturated rings. The first-order valence-corrected chi connectivity index (χ1v) is 4.72. The molecule has 0 N–H and O–H groups in total. The molecule has 0 radical (unpaired) electrons. The Kier molecular flexibility index (Phi) is 3.86. The van der Waals surface area contributed by atoms with Crippen molar-refractivity contribution < 1.29 is 13.5 Å². The zero-order valence-corrected chi connectivity index (χ0v) is 8.39. The lowest BCUT2D eigenvalue weighted by molar-refractivity contribution is 0.243. The van der Waals surface area contributed by atoms with E-state index in [-0.39, 0.29) is 5.75 Å². The van der Waals surface area contributed by atoms with Gasteiger partial charge in [0, 0.05) is 0 Å². The van der Waals surface area contributed by atoms with E-state index in [1.54, 1.807) is 0 Å². The number of hydrogen-bond acceptors (Lipinski definition) is 1. The maximum atomic E-state index is 13.1. The van der Waals surface area contributed by atoms with Gasteiger partial charge in [-0.1, -0.05) is 26.3 Å². The van der Waals surface area contributed by atoms with Gasteiger partial charge in [0.1, 0.15) is 0 Å². The summed E-state index contributed by atoms with van der Waals surface area (Å²) in [5.41, 5.74) is 0. The van der Waals surface area contributed by atoms with Crippen molar-refractivity contribution in [3.05, 3.63) is 29.8 Å². The normalized spacial score (nSPS) is 12.6. The molecule has 0 aliphatic heterocycles. The fraction of sp³-hybridized carbons (Fsp3) is 0.455. The van der Waals surface area contributed by atoms with E-state index in [0.29, 0.717) is 12.5 Å². The lowest BCUT2D eigenvalue weighted by Crippen LogP contribution is -2.08. The molecule has 0 aromatic heterocycles. The maximum absolute atomic E-state index is 13.1. The van der Waals surface area contributed by atoms with Crippen LogP contribution in [0.4, 0.5) is 8.78 Å². The first kappa shape index (κ1) is 11.0. The van der Waals surface area contributed by atoms with E-state index in [4.69, 9.17) is 4.74 Å². The summed E-state index contributed by atoms with van der Waals surface area (Å²) in [4.78, 5) is 0. The molecule has 0 saturated heterocycles. The SMILES string of the molecule is CCC(C)COc1cccc(F)c1F. The first-order chi connectivity index (χ1) is 6.65. The van der Waals surface area contributed by atoms with Crippen molar-refractivity contribution in [2.75, 3.05) is 6.61 Å². The van der Waals surface area contributed by atoms with Crippen LogP contribution in [-0.2, 0) is 0 Å². The van der Waals surface area contributed by atoms with E-state index >= 15 is 0 Å². The summed E-state index contributed by atoms with van der Waals surface area (Å²) in [6.45, 7) is 4.43. The van der Waals surface area contributed by atoms with Gasteiger partial charge in [-0.3, -0.25) is 0 Å². The highest BCUT2D eigenvalue weighted by Gasteiger charge is 2.09. The van der Waals surface area contributed by atoms with Crippen LogP contribution in [0.15, 0.2) is 18.2 Å². The lowest BCUT2D eigenvalue weighted by Gasteiger charge is -2.11. The molecule has 1 aromatic rings. The average Bonchev–Trinajstić information content (AvgIpc) is 2.20. The molecular formula is C11H14F2O. The fourth-order valence-electron chi connectivity index (χ4n) is 0.945. The van der Waals surface area contributed by atoms with Crippen molar-refractivity contribution >= 4 is 0 Å². The molecule has 0 saturated carbocycles. The molecule has 0 aliphatic rings. The highest BCUT2D eigenvalue weighted by Crippen LogP contribution is 2.19. The Bertz CT molecular complexity index is 299. The molecule has 1 unspecified atom stereocenters. The summed E-state index contributed by atoms with van der Waals surface area (Å²) in [6.07, 6.45) is 0.955. The van der Waals surface area contributed by atoms with Crippen LogP contribution in [0.3, 0.4) is 0 Å². The first-order valence-electron chi connectivity index (χ1n) is 4.72. The zero-order valence-electron chi connectivity index (χ0n) is 8.39.